The Morgan fingerprint density at radius 2 is 2.05 bits per heavy atom. The van der Waals surface area contributed by atoms with E-state index in [1.165, 1.54) is 18.2 Å². The molecule has 2 rings (SSSR count). The largest absolute Gasteiger partial charge is 0.478 e. The molecular weight excluding hydrogens is 277 g/mol. The number of amides is 1. The fourth-order valence-electron chi connectivity index (χ4n) is 2.09. The van der Waals surface area contributed by atoms with Crippen molar-refractivity contribution in [2.75, 3.05) is 13.2 Å². The van der Waals surface area contributed by atoms with Gasteiger partial charge in [0, 0.05) is 25.3 Å². The van der Waals surface area contributed by atoms with Gasteiger partial charge in [-0.25, -0.2) is 9.18 Å². The summed E-state index contributed by atoms with van der Waals surface area (Å²) in [4.78, 5) is 22.6. The monoisotopic (exact) mass is 293 g/mol. The summed E-state index contributed by atoms with van der Waals surface area (Å²) in [5.41, 5.74) is 0.366. The van der Waals surface area contributed by atoms with Gasteiger partial charge < -0.3 is 15.2 Å². The van der Waals surface area contributed by atoms with E-state index in [0.717, 1.165) is 12.1 Å². The Morgan fingerprint density at radius 3 is 2.71 bits per heavy atom. The number of carboxylic acids is 1. The number of carbonyl (C=O) groups excluding carboxylic acids is 1. The molecule has 0 aliphatic carbocycles. The number of carboxylic acid groups (broad SMARTS) is 1. The van der Waals surface area contributed by atoms with Crippen LogP contribution in [0.3, 0.4) is 0 Å². The van der Waals surface area contributed by atoms with Crippen LogP contribution in [0.4, 0.5) is 4.39 Å². The number of aliphatic carboxylic acids is 1. The van der Waals surface area contributed by atoms with Gasteiger partial charge in [0.05, 0.1) is 5.56 Å². The van der Waals surface area contributed by atoms with Crippen molar-refractivity contribution in [2.45, 2.75) is 18.9 Å². The van der Waals surface area contributed by atoms with Crippen LogP contribution in [0.5, 0.6) is 0 Å². The quantitative estimate of drug-likeness (QED) is 0.830. The Kier molecular flexibility index (Phi) is 5.05. The summed E-state index contributed by atoms with van der Waals surface area (Å²) in [7, 11) is 0. The third kappa shape index (κ3) is 4.39. The average Bonchev–Trinajstić information content (AvgIpc) is 2.47. The van der Waals surface area contributed by atoms with Gasteiger partial charge in [0.1, 0.15) is 5.82 Å². The number of carbonyl (C=O) groups is 2. The molecule has 1 fully saturated rings. The second kappa shape index (κ2) is 6.99. The zero-order valence-corrected chi connectivity index (χ0v) is 11.3. The van der Waals surface area contributed by atoms with Crippen LogP contribution in [0, 0.1) is 5.82 Å². The summed E-state index contributed by atoms with van der Waals surface area (Å²) in [6.07, 6.45) is 3.65. The Balaban J connectivity index is 2.11. The molecule has 0 atom stereocenters. The number of benzene rings is 1. The summed E-state index contributed by atoms with van der Waals surface area (Å²) < 4.78 is 18.9. The molecule has 1 amide bonds. The molecule has 0 aromatic heterocycles. The van der Waals surface area contributed by atoms with Crippen molar-refractivity contribution >= 4 is 18.0 Å². The molecule has 112 valence electrons. The fourth-order valence-corrected chi connectivity index (χ4v) is 2.09. The van der Waals surface area contributed by atoms with Crippen molar-refractivity contribution < 1.29 is 23.8 Å². The highest BCUT2D eigenvalue weighted by atomic mass is 19.1. The van der Waals surface area contributed by atoms with Gasteiger partial charge in [0.15, 0.2) is 0 Å². The van der Waals surface area contributed by atoms with Crippen LogP contribution in [-0.2, 0) is 9.53 Å². The van der Waals surface area contributed by atoms with Gasteiger partial charge in [0.25, 0.3) is 5.91 Å². The topological polar surface area (TPSA) is 75.6 Å². The number of hydrogen-bond acceptors (Lipinski definition) is 3. The van der Waals surface area contributed by atoms with Crippen molar-refractivity contribution in [3.63, 3.8) is 0 Å². The molecule has 1 aliphatic heterocycles. The smallest absolute Gasteiger partial charge is 0.328 e. The van der Waals surface area contributed by atoms with E-state index in [2.05, 4.69) is 5.32 Å². The van der Waals surface area contributed by atoms with E-state index in [1.54, 1.807) is 0 Å². The lowest BCUT2D eigenvalue weighted by atomic mass is 10.1. The second-order valence-corrected chi connectivity index (χ2v) is 4.77. The molecule has 0 radical (unpaired) electrons. The lowest BCUT2D eigenvalue weighted by Crippen LogP contribution is -2.39. The summed E-state index contributed by atoms with van der Waals surface area (Å²) in [6.45, 7) is 1.16. The molecule has 5 nitrogen and oxygen atoms in total. The first kappa shape index (κ1) is 15.2. The van der Waals surface area contributed by atoms with Crippen LogP contribution < -0.4 is 5.32 Å². The summed E-state index contributed by atoms with van der Waals surface area (Å²) >= 11 is 0. The number of nitrogens with one attached hydrogen (secondary N) is 1. The van der Waals surface area contributed by atoms with Gasteiger partial charge in [-0.3, -0.25) is 4.79 Å². The van der Waals surface area contributed by atoms with E-state index in [4.69, 9.17) is 9.84 Å². The fraction of sp³-hybridized carbons (Fsp3) is 0.333. The van der Waals surface area contributed by atoms with Gasteiger partial charge >= 0.3 is 5.97 Å². The van der Waals surface area contributed by atoms with E-state index in [-0.39, 0.29) is 11.6 Å². The zero-order valence-electron chi connectivity index (χ0n) is 11.3. The maximum atomic E-state index is 13.7. The Morgan fingerprint density at radius 1 is 1.33 bits per heavy atom. The van der Waals surface area contributed by atoms with Gasteiger partial charge in [-0.1, -0.05) is 6.07 Å². The van der Waals surface area contributed by atoms with Crippen molar-refractivity contribution in [1.29, 1.82) is 0 Å². The Labute approximate surface area is 121 Å². The van der Waals surface area contributed by atoms with Crippen LogP contribution in [0.1, 0.15) is 28.8 Å². The van der Waals surface area contributed by atoms with Gasteiger partial charge in [-0.15, -0.1) is 0 Å². The SMILES string of the molecule is O=C(O)C=Cc1ccc(F)c(C(=O)NC2CCOCC2)c1. The van der Waals surface area contributed by atoms with Gasteiger partial charge in [-0.2, -0.15) is 0 Å². The maximum absolute atomic E-state index is 13.7. The molecule has 0 bridgehead atoms. The van der Waals surface area contributed by atoms with Gasteiger partial charge in [-0.05, 0) is 36.6 Å². The molecule has 0 spiro atoms. The van der Waals surface area contributed by atoms with Crippen LogP contribution in [0.15, 0.2) is 24.3 Å². The molecule has 1 heterocycles. The first-order chi connectivity index (χ1) is 10.1. The number of hydrogen-bond donors (Lipinski definition) is 2. The highest BCUT2D eigenvalue weighted by molar-refractivity contribution is 5.95. The summed E-state index contributed by atoms with van der Waals surface area (Å²) in [6, 6.07) is 3.88. The van der Waals surface area contributed by atoms with Gasteiger partial charge in [0.2, 0.25) is 0 Å². The molecule has 0 unspecified atom stereocenters. The van der Waals surface area contributed by atoms with Crippen LogP contribution in [0.25, 0.3) is 6.08 Å². The Hall–Kier alpha value is -2.21. The van der Waals surface area contributed by atoms with Crippen molar-refractivity contribution in [3.05, 3.63) is 41.2 Å². The van der Waals surface area contributed by atoms with Crippen LogP contribution >= 0.6 is 0 Å². The van der Waals surface area contributed by atoms with Crippen LogP contribution in [-0.4, -0.2) is 36.2 Å². The first-order valence-electron chi connectivity index (χ1n) is 6.65. The maximum Gasteiger partial charge on any atom is 0.328 e. The van der Waals surface area contributed by atoms with Crippen molar-refractivity contribution in [2.24, 2.45) is 0 Å². The summed E-state index contributed by atoms with van der Waals surface area (Å²) in [5.74, 6) is -2.23. The highest BCUT2D eigenvalue weighted by Crippen LogP contribution is 2.14. The average molecular weight is 293 g/mol. The highest BCUT2D eigenvalue weighted by Gasteiger charge is 2.19. The predicted octanol–water partition coefficient (Wildman–Crippen LogP) is 1.83. The van der Waals surface area contributed by atoms with E-state index in [0.29, 0.717) is 31.6 Å². The minimum atomic E-state index is -1.10. The van der Waals surface area contributed by atoms with Crippen molar-refractivity contribution in [1.82, 2.24) is 5.32 Å². The molecule has 21 heavy (non-hydrogen) atoms. The Bertz CT molecular complexity index is 565. The first-order valence-corrected chi connectivity index (χ1v) is 6.65. The minimum Gasteiger partial charge on any atom is -0.478 e. The van der Waals surface area contributed by atoms with E-state index >= 15 is 0 Å². The molecular formula is C15H16FNO4. The lowest BCUT2D eigenvalue weighted by Gasteiger charge is -2.23. The normalized spacial score (nSPS) is 16.0. The predicted molar refractivity (Wildman–Crippen MR) is 74.4 cm³/mol. The number of ether oxygens (including phenoxy) is 1. The zero-order chi connectivity index (χ0) is 15.2. The molecule has 2 N–H and O–H groups in total. The number of halogens is 1. The second-order valence-electron chi connectivity index (χ2n) is 4.77. The van der Waals surface area contributed by atoms with E-state index < -0.39 is 17.7 Å². The van der Waals surface area contributed by atoms with E-state index in [9.17, 15) is 14.0 Å². The molecule has 1 aliphatic rings. The minimum absolute atomic E-state index is 0.0242. The van der Waals surface area contributed by atoms with Crippen molar-refractivity contribution in [3.8, 4) is 0 Å². The lowest BCUT2D eigenvalue weighted by molar-refractivity contribution is -0.131. The molecule has 1 saturated heterocycles. The standard InChI is InChI=1S/C15H16FNO4/c16-13-3-1-10(2-4-14(18)19)9-12(13)15(20)17-11-5-7-21-8-6-11/h1-4,9,11H,5-8H2,(H,17,20)(H,18,19). The summed E-state index contributed by atoms with van der Waals surface area (Å²) in [5, 5.41) is 11.3. The molecule has 0 saturated carbocycles. The molecule has 1 aromatic carbocycles. The molecule has 6 heteroatoms. The third-order valence-electron chi connectivity index (χ3n) is 3.21. The van der Waals surface area contributed by atoms with Crippen LogP contribution in [0.2, 0.25) is 0 Å². The van der Waals surface area contributed by atoms with E-state index in [1.807, 2.05) is 0 Å². The number of rotatable bonds is 4. The molecule has 1 aromatic rings. The third-order valence-corrected chi connectivity index (χ3v) is 3.21.